The van der Waals surface area contributed by atoms with Crippen LogP contribution in [0.5, 0.6) is 17.2 Å². The first kappa shape index (κ1) is 21.6. The molecule has 8 nitrogen and oxygen atoms in total. The molecule has 0 aromatic heterocycles. The molecule has 0 spiro atoms. The molecule has 1 saturated heterocycles. The maximum atomic E-state index is 12.8. The van der Waals surface area contributed by atoms with E-state index >= 15 is 0 Å². The standard InChI is InChI=1S/C26H24N4O4/c27-14-19(26(32)28-22-5-1-4-21-20(22)3-2-6-23(21)31)16-30-11-9-29(10-12-30)15-18-7-8-24-25(13-18)34-17-33-24/h1-8,13,16,31H,9-12,15,17H2,(H,28,32)/b19-16-. The molecule has 5 rings (SSSR count). The number of amides is 1. The second-order valence-electron chi connectivity index (χ2n) is 8.29. The molecule has 2 heterocycles. The number of phenolic OH excluding ortho intramolecular Hbond substituents is 1. The van der Waals surface area contributed by atoms with E-state index in [1.807, 2.05) is 35.2 Å². The van der Waals surface area contributed by atoms with Crippen LogP contribution < -0.4 is 14.8 Å². The van der Waals surface area contributed by atoms with Crippen molar-refractivity contribution in [1.29, 1.82) is 5.26 Å². The summed E-state index contributed by atoms with van der Waals surface area (Å²) in [6, 6.07) is 18.4. The molecule has 172 valence electrons. The van der Waals surface area contributed by atoms with E-state index in [9.17, 15) is 15.2 Å². The van der Waals surface area contributed by atoms with Gasteiger partial charge in [-0.25, -0.2) is 0 Å². The molecule has 0 aliphatic carbocycles. The van der Waals surface area contributed by atoms with E-state index < -0.39 is 5.91 Å². The Morgan fingerprint density at radius 1 is 1.03 bits per heavy atom. The molecule has 3 aromatic carbocycles. The lowest BCUT2D eigenvalue weighted by Crippen LogP contribution is -2.43. The average Bonchev–Trinajstić information content (AvgIpc) is 3.32. The number of nitriles is 1. The van der Waals surface area contributed by atoms with E-state index in [0.717, 1.165) is 36.7 Å². The van der Waals surface area contributed by atoms with Crippen LogP contribution in [0.3, 0.4) is 0 Å². The number of phenols is 1. The molecule has 2 N–H and O–H groups in total. The summed E-state index contributed by atoms with van der Waals surface area (Å²) in [6.45, 7) is 4.12. The molecule has 34 heavy (non-hydrogen) atoms. The second-order valence-corrected chi connectivity index (χ2v) is 8.29. The molecular formula is C26H24N4O4. The Labute approximate surface area is 197 Å². The maximum absolute atomic E-state index is 12.8. The number of anilines is 1. The smallest absolute Gasteiger partial charge is 0.267 e. The van der Waals surface area contributed by atoms with Crippen molar-refractivity contribution in [1.82, 2.24) is 9.80 Å². The van der Waals surface area contributed by atoms with Gasteiger partial charge in [0.1, 0.15) is 17.4 Å². The SMILES string of the molecule is N#C/C(=C/N1CCN(Cc2ccc3c(c2)OCO3)CC1)C(=O)Nc1cccc2c(O)cccc12. The van der Waals surface area contributed by atoms with Gasteiger partial charge in [0.15, 0.2) is 11.5 Å². The summed E-state index contributed by atoms with van der Waals surface area (Å²) in [5.41, 5.74) is 1.75. The van der Waals surface area contributed by atoms with Gasteiger partial charge in [0.2, 0.25) is 6.79 Å². The number of hydrogen-bond acceptors (Lipinski definition) is 7. The normalized spacial score (nSPS) is 15.9. The number of fused-ring (bicyclic) bond motifs is 2. The molecule has 0 radical (unpaired) electrons. The van der Waals surface area contributed by atoms with Crippen molar-refractivity contribution in [2.75, 3.05) is 38.3 Å². The van der Waals surface area contributed by atoms with Crippen LogP contribution in [0.25, 0.3) is 10.8 Å². The fourth-order valence-corrected chi connectivity index (χ4v) is 4.26. The van der Waals surface area contributed by atoms with E-state index in [2.05, 4.69) is 10.2 Å². The minimum atomic E-state index is -0.471. The van der Waals surface area contributed by atoms with Crippen LogP contribution in [-0.2, 0) is 11.3 Å². The van der Waals surface area contributed by atoms with Crippen LogP contribution in [0, 0.1) is 11.3 Å². The van der Waals surface area contributed by atoms with Crippen LogP contribution in [0.1, 0.15) is 5.56 Å². The Morgan fingerprint density at radius 3 is 2.62 bits per heavy atom. The third-order valence-corrected chi connectivity index (χ3v) is 6.07. The van der Waals surface area contributed by atoms with Crippen molar-refractivity contribution < 1.29 is 19.4 Å². The van der Waals surface area contributed by atoms with Crippen LogP contribution in [0.4, 0.5) is 5.69 Å². The Morgan fingerprint density at radius 2 is 1.79 bits per heavy atom. The zero-order valence-electron chi connectivity index (χ0n) is 18.5. The number of benzene rings is 3. The van der Waals surface area contributed by atoms with Crippen molar-refractivity contribution in [2.24, 2.45) is 0 Å². The highest BCUT2D eigenvalue weighted by atomic mass is 16.7. The quantitative estimate of drug-likeness (QED) is 0.448. The Hall–Kier alpha value is -4.22. The second kappa shape index (κ2) is 9.33. The highest BCUT2D eigenvalue weighted by Gasteiger charge is 2.20. The van der Waals surface area contributed by atoms with Gasteiger partial charge >= 0.3 is 0 Å². The van der Waals surface area contributed by atoms with Gasteiger partial charge < -0.3 is 24.8 Å². The number of rotatable bonds is 5. The third-order valence-electron chi connectivity index (χ3n) is 6.07. The van der Waals surface area contributed by atoms with Crippen molar-refractivity contribution in [3.63, 3.8) is 0 Å². The topological polar surface area (TPSA) is 98.1 Å². The fraction of sp³-hybridized carbons (Fsp3) is 0.231. The summed E-state index contributed by atoms with van der Waals surface area (Å²) in [6.07, 6.45) is 1.63. The van der Waals surface area contributed by atoms with E-state index in [1.54, 1.807) is 36.5 Å². The number of carbonyl (C=O) groups excluding carboxylic acids is 1. The van der Waals surface area contributed by atoms with Gasteiger partial charge in [-0.15, -0.1) is 0 Å². The third kappa shape index (κ3) is 4.47. The van der Waals surface area contributed by atoms with Crippen LogP contribution >= 0.6 is 0 Å². The summed E-state index contributed by atoms with van der Waals surface area (Å²) >= 11 is 0. The van der Waals surface area contributed by atoms with Crippen molar-refractivity contribution in [2.45, 2.75) is 6.54 Å². The fourth-order valence-electron chi connectivity index (χ4n) is 4.26. The van der Waals surface area contributed by atoms with Gasteiger partial charge in [-0.05, 0) is 29.8 Å². The van der Waals surface area contributed by atoms with Crippen LogP contribution in [-0.4, -0.2) is 53.8 Å². The molecule has 1 fully saturated rings. The first-order valence-electron chi connectivity index (χ1n) is 11.1. The van der Waals surface area contributed by atoms with E-state index in [0.29, 0.717) is 29.5 Å². The molecule has 0 atom stereocenters. The minimum Gasteiger partial charge on any atom is -0.507 e. The van der Waals surface area contributed by atoms with Gasteiger partial charge in [-0.3, -0.25) is 9.69 Å². The van der Waals surface area contributed by atoms with Crippen LogP contribution in [0.15, 0.2) is 66.4 Å². The summed E-state index contributed by atoms with van der Waals surface area (Å²) < 4.78 is 10.8. The highest BCUT2D eigenvalue weighted by Crippen LogP contribution is 2.33. The predicted octanol–water partition coefficient (Wildman–Crippen LogP) is 3.44. The molecule has 0 saturated carbocycles. The number of nitrogens with zero attached hydrogens (tertiary/aromatic N) is 3. The summed E-state index contributed by atoms with van der Waals surface area (Å²) in [5, 5.41) is 23.8. The van der Waals surface area contributed by atoms with Gasteiger partial charge in [0.05, 0.1) is 0 Å². The molecular weight excluding hydrogens is 432 g/mol. The number of carbonyl (C=O) groups is 1. The molecule has 1 amide bonds. The van der Waals surface area contributed by atoms with E-state index in [1.165, 1.54) is 0 Å². The number of ether oxygens (including phenoxy) is 2. The van der Waals surface area contributed by atoms with Crippen molar-refractivity contribution >= 4 is 22.4 Å². The zero-order valence-corrected chi connectivity index (χ0v) is 18.5. The van der Waals surface area contributed by atoms with Crippen molar-refractivity contribution in [3.8, 4) is 23.3 Å². The van der Waals surface area contributed by atoms with Gasteiger partial charge in [0, 0.05) is 55.4 Å². The molecule has 0 unspecified atom stereocenters. The van der Waals surface area contributed by atoms with Gasteiger partial charge in [0.25, 0.3) is 5.91 Å². The molecule has 8 heteroatoms. The lowest BCUT2D eigenvalue weighted by atomic mass is 10.1. The summed E-state index contributed by atoms with van der Waals surface area (Å²) in [7, 11) is 0. The van der Waals surface area contributed by atoms with Crippen molar-refractivity contribution in [3.05, 3.63) is 71.9 Å². The number of nitrogens with one attached hydrogen (secondary N) is 1. The van der Waals surface area contributed by atoms with E-state index in [4.69, 9.17) is 9.47 Å². The lowest BCUT2D eigenvalue weighted by molar-refractivity contribution is -0.112. The maximum Gasteiger partial charge on any atom is 0.267 e. The number of aromatic hydroxyl groups is 1. The minimum absolute atomic E-state index is 0.0429. The molecule has 0 bridgehead atoms. The average molecular weight is 457 g/mol. The highest BCUT2D eigenvalue weighted by molar-refractivity contribution is 6.11. The van der Waals surface area contributed by atoms with Crippen LogP contribution in [0.2, 0.25) is 0 Å². The molecule has 2 aliphatic heterocycles. The predicted molar refractivity (Wildman–Crippen MR) is 127 cm³/mol. The largest absolute Gasteiger partial charge is 0.507 e. The molecule has 3 aromatic rings. The van der Waals surface area contributed by atoms with Gasteiger partial charge in [-0.1, -0.05) is 30.3 Å². The Bertz CT molecular complexity index is 1310. The Kier molecular flexibility index (Phi) is 5.93. The zero-order chi connectivity index (χ0) is 23.5. The lowest BCUT2D eigenvalue weighted by Gasteiger charge is -2.34. The first-order valence-corrected chi connectivity index (χ1v) is 11.1. The number of piperazine rings is 1. The summed E-state index contributed by atoms with van der Waals surface area (Å²) in [4.78, 5) is 17.2. The molecule has 2 aliphatic rings. The van der Waals surface area contributed by atoms with Gasteiger partial charge in [-0.2, -0.15) is 5.26 Å². The Balaban J connectivity index is 1.21. The number of hydrogen-bond donors (Lipinski definition) is 2. The van der Waals surface area contributed by atoms with E-state index in [-0.39, 0.29) is 18.1 Å². The monoisotopic (exact) mass is 456 g/mol. The first-order chi connectivity index (χ1) is 16.6. The summed E-state index contributed by atoms with van der Waals surface area (Å²) in [5.74, 6) is 1.23.